The van der Waals surface area contributed by atoms with E-state index in [4.69, 9.17) is 5.11 Å². The van der Waals surface area contributed by atoms with Crippen LogP contribution < -0.4 is 16.0 Å². The van der Waals surface area contributed by atoms with Gasteiger partial charge in [0.15, 0.2) is 20.9 Å². The van der Waals surface area contributed by atoms with E-state index in [1.807, 2.05) is 0 Å². The number of carbonyl (C=O) groups excluding carboxylic acids is 3. The molecule has 1 saturated carbocycles. The molecule has 1 unspecified atom stereocenters. The summed E-state index contributed by atoms with van der Waals surface area (Å²) in [6.07, 6.45) is 1.73. The predicted octanol–water partition coefficient (Wildman–Crippen LogP) is 2.29. The number of aliphatic hydroxyl groups excluding tert-OH is 1. The van der Waals surface area contributed by atoms with E-state index in [-0.39, 0.29) is 23.1 Å². The van der Waals surface area contributed by atoms with Crippen molar-refractivity contribution in [3.05, 3.63) is 47.2 Å². The number of aliphatic hydroxyl groups is 1. The molecule has 4 N–H and O–H groups in total. The number of nitrogens with one attached hydrogen (secondary N) is 3. The molecule has 1 aliphatic rings. The number of aromatic nitrogens is 1. The summed E-state index contributed by atoms with van der Waals surface area (Å²) in [5.74, 6) is -2.64. The van der Waals surface area contributed by atoms with Gasteiger partial charge in [0, 0.05) is 11.7 Å². The van der Waals surface area contributed by atoms with E-state index >= 15 is 4.39 Å². The highest BCUT2D eigenvalue weighted by molar-refractivity contribution is 7.93. The largest absolute Gasteiger partial charge is 0.387 e. The standard InChI is InChI=1S/C25H27FN4O6S2/c1-13(2)38(35,36)23(24(34)27-11-20(32)28-16-6-7-16)25-30-22-18(26)9-15(10-19(22)37-25)14-4-3-5-17(8-14)29-21(33)12-31/h3-5,8-10,13,16,23,31H,6-7,11-12H2,1-2H3,(H,27,34)(H,28,32)(H,29,33). The first-order valence-corrected chi connectivity index (χ1v) is 14.3. The van der Waals surface area contributed by atoms with E-state index in [1.165, 1.54) is 19.9 Å². The van der Waals surface area contributed by atoms with Crippen molar-refractivity contribution in [1.29, 1.82) is 0 Å². The fraction of sp³-hybridized carbons (Fsp3) is 0.360. The highest BCUT2D eigenvalue weighted by atomic mass is 32.2. The summed E-state index contributed by atoms with van der Waals surface area (Å²) in [4.78, 5) is 40.8. The molecule has 13 heteroatoms. The Bertz CT molecular complexity index is 1500. The van der Waals surface area contributed by atoms with Gasteiger partial charge in [-0.25, -0.2) is 17.8 Å². The van der Waals surface area contributed by atoms with Crippen molar-refractivity contribution in [2.75, 3.05) is 18.5 Å². The Balaban J connectivity index is 1.67. The Morgan fingerprint density at radius 2 is 1.87 bits per heavy atom. The topological polar surface area (TPSA) is 155 Å². The highest BCUT2D eigenvalue weighted by Crippen LogP contribution is 2.36. The number of thiazole rings is 1. The zero-order chi connectivity index (χ0) is 27.6. The van der Waals surface area contributed by atoms with Gasteiger partial charge in [0.25, 0.3) is 0 Å². The van der Waals surface area contributed by atoms with Crippen molar-refractivity contribution in [2.45, 2.75) is 43.2 Å². The van der Waals surface area contributed by atoms with Crippen LogP contribution in [-0.2, 0) is 24.2 Å². The third-order valence-electron chi connectivity index (χ3n) is 5.90. The van der Waals surface area contributed by atoms with Gasteiger partial charge in [-0.3, -0.25) is 14.4 Å². The molecule has 0 bridgehead atoms. The molecule has 2 aromatic carbocycles. The predicted molar refractivity (Wildman–Crippen MR) is 142 cm³/mol. The van der Waals surface area contributed by atoms with E-state index in [9.17, 15) is 22.8 Å². The number of fused-ring (bicyclic) bond motifs is 1. The first-order valence-electron chi connectivity index (χ1n) is 11.9. The van der Waals surface area contributed by atoms with Crippen LogP contribution in [0.15, 0.2) is 36.4 Å². The molecule has 10 nitrogen and oxygen atoms in total. The molecule has 1 aliphatic carbocycles. The van der Waals surface area contributed by atoms with Crippen LogP contribution in [0.5, 0.6) is 0 Å². The number of hydrogen-bond acceptors (Lipinski definition) is 8. The number of hydrogen-bond donors (Lipinski definition) is 4. The van der Waals surface area contributed by atoms with Crippen molar-refractivity contribution in [3.63, 3.8) is 0 Å². The van der Waals surface area contributed by atoms with Crippen LogP contribution in [0, 0.1) is 5.82 Å². The lowest BCUT2D eigenvalue weighted by Crippen LogP contribution is -2.42. The number of carbonyl (C=O) groups is 3. The van der Waals surface area contributed by atoms with Gasteiger partial charge >= 0.3 is 0 Å². The quantitative estimate of drug-likeness (QED) is 0.296. The third-order valence-corrected chi connectivity index (χ3v) is 9.53. The number of sulfone groups is 1. The summed E-state index contributed by atoms with van der Waals surface area (Å²) < 4.78 is 41.8. The Morgan fingerprint density at radius 3 is 2.53 bits per heavy atom. The summed E-state index contributed by atoms with van der Waals surface area (Å²) in [5, 5.41) is 13.8. The van der Waals surface area contributed by atoms with Crippen LogP contribution in [0.2, 0.25) is 0 Å². The van der Waals surface area contributed by atoms with Crippen molar-refractivity contribution < 1.29 is 32.3 Å². The maximum absolute atomic E-state index is 15.2. The Hall–Kier alpha value is -3.42. The molecular formula is C25H27FN4O6S2. The van der Waals surface area contributed by atoms with Crippen LogP contribution in [0.4, 0.5) is 10.1 Å². The smallest absolute Gasteiger partial charge is 0.250 e. The second-order valence-corrected chi connectivity index (χ2v) is 12.9. The molecule has 1 heterocycles. The SMILES string of the molecule is CC(C)S(=O)(=O)C(C(=O)NCC(=O)NC1CC1)c1nc2c(F)cc(-c3cccc(NC(=O)CO)c3)cc2s1. The molecule has 3 amide bonds. The van der Waals surface area contributed by atoms with Crippen LogP contribution in [0.1, 0.15) is 36.9 Å². The first kappa shape index (κ1) is 27.6. The molecule has 0 spiro atoms. The summed E-state index contributed by atoms with van der Waals surface area (Å²) in [6, 6.07) is 9.49. The Kier molecular flexibility index (Phi) is 8.09. The Morgan fingerprint density at radius 1 is 1.13 bits per heavy atom. The second-order valence-electron chi connectivity index (χ2n) is 9.22. The maximum atomic E-state index is 15.2. The minimum atomic E-state index is -4.07. The number of amides is 3. The molecule has 1 atom stereocenters. The van der Waals surface area contributed by atoms with E-state index in [1.54, 1.807) is 30.3 Å². The molecule has 0 aliphatic heterocycles. The summed E-state index contributed by atoms with van der Waals surface area (Å²) >= 11 is 0.880. The third kappa shape index (κ3) is 6.17. The summed E-state index contributed by atoms with van der Waals surface area (Å²) in [6.45, 7) is 1.80. The van der Waals surface area contributed by atoms with Crippen molar-refractivity contribution in [2.24, 2.45) is 0 Å². The molecular weight excluding hydrogens is 535 g/mol. The van der Waals surface area contributed by atoms with E-state index in [0.29, 0.717) is 21.5 Å². The van der Waals surface area contributed by atoms with Crippen molar-refractivity contribution >= 4 is 54.8 Å². The fourth-order valence-electron chi connectivity index (χ4n) is 3.70. The number of benzene rings is 2. The lowest BCUT2D eigenvalue weighted by Gasteiger charge is -2.17. The fourth-order valence-corrected chi connectivity index (χ4v) is 6.51. The molecule has 3 aromatic rings. The van der Waals surface area contributed by atoms with Crippen LogP contribution in [-0.4, -0.2) is 60.7 Å². The van der Waals surface area contributed by atoms with E-state index in [2.05, 4.69) is 20.9 Å². The van der Waals surface area contributed by atoms with Crippen LogP contribution in [0.25, 0.3) is 21.3 Å². The normalized spacial score (nSPS) is 14.3. The molecule has 4 rings (SSSR count). The van der Waals surface area contributed by atoms with Crippen molar-refractivity contribution in [1.82, 2.24) is 15.6 Å². The number of anilines is 1. The van der Waals surface area contributed by atoms with Gasteiger partial charge < -0.3 is 21.1 Å². The lowest BCUT2D eigenvalue weighted by atomic mass is 10.0. The van der Waals surface area contributed by atoms with Crippen LogP contribution >= 0.6 is 11.3 Å². The van der Waals surface area contributed by atoms with Gasteiger partial charge in [-0.05, 0) is 62.1 Å². The first-order chi connectivity index (χ1) is 18.0. The van der Waals surface area contributed by atoms with Gasteiger partial charge in [0.2, 0.25) is 17.7 Å². The monoisotopic (exact) mass is 562 g/mol. The van der Waals surface area contributed by atoms with Gasteiger partial charge in [-0.1, -0.05) is 12.1 Å². The van der Waals surface area contributed by atoms with Gasteiger partial charge in [0.1, 0.15) is 17.1 Å². The Labute approximate surface area is 222 Å². The van der Waals surface area contributed by atoms with Gasteiger partial charge in [-0.2, -0.15) is 0 Å². The molecule has 1 aromatic heterocycles. The molecule has 0 saturated heterocycles. The average molecular weight is 563 g/mol. The number of rotatable bonds is 10. The lowest BCUT2D eigenvalue weighted by molar-refractivity contribution is -0.126. The molecule has 1 fully saturated rings. The number of halogens is 1. The maximum Gasteiger partial charge on any atom is 0.250 e. The molecule has 0 radical (unpaired) electrons. The van der Waals surface area contributed by atoms with Crippen LogP contribution in [0.3, 0.4) is 0 Å². The van der Waals surface area contributed by atoms with Gasteiger partial charge in [-0.15, -0.1) is 11.3 Å². The second kappa shape index (κ2) is 11.1. The highest BCUT2D eigenvalue weighted by Gasteiger charge is 2.39. The number of nitrogens with zero attached hydrogens (tertiary/aromatic N) is 1. The van der Waals surface area contributed by atoms with E-state index in [0.717, 1.165) is 24.2 Å². The van der Waals surface area contributed by atoms with Crippen molar-refractivity contribution in [3.8, 4) is 11.1 Å². The minimum absolute atomic E-state index is 0.0817. The average Bonchev–Trinajstić information content (AvgIpc) is 3.58. The zero-order valence-electron chi connectivity index (χ0n) is 20.7. The molecule has 38 heavy (non-hydrogen) atoms. The van der Waals surface area contributed by atoms with E-state index < -0.39 is 50.5 Å². The summed E-state index contributed by atoms with van der Waals surface area (Å²) in [5.41, 5.74) is 1.32. The minimum Gasteiger partial charge on any atom is -0.387 e. The van der Waals surface area contributed by atoms with Gasteiger partial charge in [0.05, 0.1) is 16.5 Å². The zero-order valence-corrected chi connectivity index (χ0v) is 22.3. The summed E-state index contributed by atoms with van der Waals surface area (Å²) in [7, 11) is -4.07. The molecule has 202 valence electrons.